The minimum atomic E-state index is -0.367. The number of amides is 2. The molecule has 0 saturated carbocycles. The van der Waals surface area contributed by atoms with Gasteiger partial charge in [-0.2, -0.15) is 0 Å². The molecule has 3 rings (SSSR count). The summed E-state index contributed by atoms with van der Waals surface area (Å²) in [6.07, 6.45) is 0. The SMILES string of the molecule is COc1ccc(Br)cc1C(=O)Nc1ccccc1C(=O)Nc1ccccc1. The Balaban J connectivity index is 1.85. The van der Waals surface area contributed by atoms with Crippen LogP contribution >= 0.6 is 15.9 Å². The number of nitrogens with one attached hydrogen (secondary N) is 2. The van der Waals surface area contributed by atoms with Crippen LogP contribution in [-0.4, -0.2) is 18.9 Å². The zero-order chi connectivity index (χ0) is 19.2. The Morgan fingerprint density at radius 2 is 1.48 bits per heavy atom. The van der Waals surface area contributed by atoms with E-state index in [0.29, 0.717) is 28.3 Å². The van der Waals surface area contributed by atoms with Gasteiger partial charge in [-0.05, 0) is 42.5 Å². The molecule has 136 valence electrons. The molecule has 2 amide bonds. The molecular formula is C21H17BrN2O3. The number of carbonyl (C=O) groups is 2. The second-order valence-electron chi connectivity index (χ2n) is 5.66. The lowest BCUT2D eigenvalue weighted by atomic mass is 10.1. The molecule has 0 heterocycles. The summed E-state index contributed by atoms with van der Waals surface area (Å²) < 4.78 is 6.01. The average Bonchev–Trinajstić information content (AvgIpc) is 2.69. The monoisotopic (exact) mass is 424 g/mol. The van der Waals surface area contributed by atoms with E-state index in [1.54, 1.807) is 54.6 Å². The number of para-hydroxylation sites is 2. The quantitative estimate of drug-likeness (QED) is 0.607. The predicted molar refractivity (Wildman–Crippen MR) is 109 cm³/mol. The Labute approximate surface area is 165 Å². The highest BCUT2D eigenvalue weighted by molar-refractivity contribution is 9.10. The summed E-state index contributed by atoms with van der Waals surface area (Å²) in [6.45, 7) is 0. The number of ether oxygens (including phenoxy) is 1. The van der Waals surface area contributed by atoms with Gasteiger partial charge in [-0.15, -0.1) is 0 Å². The zero-order valence-electron chi connectivity index (χ0n) is 14.5. The normalized spacial score (nSPS) is 10.1. The number of halogens is 1. The molecule has 0 aliphatic heterocycles. The first-order chi connectivity index (χ1) is 13.1. The summed E-state index contributed by atoms with van der Waals surface area (Å²) in [4.78, 5) is 25.4. The molecule has 27 heavy (non-hydrogen) atoms. The van der Waals surface area contributed by atoms with Crippen LogP contribution in [0.4, 0.5) is 11.4 Å². The first-order valence-electron chi connectivity index (χ1n) is 8.19. The fraction of sp³-hybridized carbons (Fsp3) is 0.0476. The van der Waals surface area contributed by atoms with Crippen molar-refractivity contribution in [3.05, 3.63) is 88.4 Å². The number of benzene rings is 3. The lowest BCUT2D eigenvalue weighted by Gasteiger charge is -2.13. The maximum atomic E-state index is 12.7. The van der Waals surface area contributed by atoms with E-state index < -0.39 is 0 Å². The van der Waals surface area contributed by atoms with Crippen LogP contribution in [-0.2, 0) is 0 Å². The highest BCUT2D eigenvalue weighted by atomic mass is 79.9. The molecule has 0 radical (unpaired) electrons. The second kappa shape index (κ2) is 8.51. The third-order valence-corrected chi connectivity index (χ3v) is 4.35. The highest BCUT2D eigenvalue weighted by Gasteiger charge is 2.17. The van der Waals surface area contributed by atoms with Crippen molar-refractivity contribution in [1.82, 2.24) is 0 Å². The van der Waals surface area contributed by atoms with Gasteiger partial charge in [0.05, 0.1) is 23.9 Å². The number of methoxy groups -OCH3 is 1. The van der Waals surface area contributed by atoms with E-state index in [0.717, 1.165) is 4.47 Å². The van der Waals surface area contributed by atoms with E-state index in [-0.39, 0.29) is 11.8 Å². The summed E-state index contributed by atoms with van der Waals surface area (Å²) in [5.74, 6) is -0.228. The number of rotatable bonds is 5. The van der Waals surface area contributed by atoms with Gasteiger partial charge in [0, 0.05) is 10.2 Å². The minimum absolute atomic E-state index is 0.307. The van der Waals surface area contributed by atoms with Crippen LogP contribution in [0.15, 0.2) is 77.3 Å². The van der Waals surface area contributed by atoms with Crippen LogP contribution < -0.4 is 15.4 Å². The van der Waals surface area contributed by atoms with Crippen LogP contribution in [0.25, 0.3) is 0 Å². The summed E-state index contributed by atoms with van der Waals surface area (Å²) in [5.41, 5.74) is 1.82. The molecule has 3 aromatic rings. The number of carbonyl (C=O) groups excluding carboxylic acids is 2. The van der Waals surface area contributed by atoms with Crippen molar-refractivity contribution in [2.75, 3.05) is 17.7 Å². The Hall–Kier alpha value is -3.12. The van der Waals surface area contributed by atoms with Crippen molar-refractivity contribution in [1.29, 1.82) is 0 Å². The smallest absolute Gasteiger partial charge is 0.259 e. The van der Waals surface area contributed by atoms with E-state index in [9.17, 15) is 9.59 Å². The zero-order valence-corrected chi connectivity index (χ0v) is 16.1. The highest BCUT2D eigenvalue weighted by Crippen LogP contribution is 2.25. The van der Waals surface area contributed by atoms with Crippen molar-refractivity contribution in [3.8, 4) is 5.75 Å². The van der Waals surface area contributed by atoms with Crippen LogP contribution in [0, 0.1) is 0 Å². The number of hydrogen-bond donors (Lipinski definition) is 2. The molecule has 0 unspecified atom stereocenters. The van der Waals surface area contributed by atoms with Crippen molar-refractivity contribution >= 4 is 39.1 Å². The largest absolute Gasteiger partial charge is 0.496 e. The second-order valence-corrected chi connectivity index (χ2v) is 6.58. The van der Waals surface area contributed by atoms with Gasteiger partial charge in [0.25, 0.3) is 11.8 Å². The van der Waals surface area contributed by atoms with E-state index in [4.69, 9.17) is 4.74 Å². The van der Waals surface area contributed by atoms with E-state index in [2.05, 4.69) is 26.6 Å². The van der Waals surface area contributed by atoms with E-state index in [1.165, 1.54) is 7.11 Å². The Bertz CT molecular complexity index is 974. The van der Waals surface area contributed by atoms with Gasteiger partial charge in [-0.1, -0.05) is 46.3 Å². The molecule has 0 aliphatic rings. The van der Waals surface area contributed by atoms with Crippen molar-refractivity contribution in [3.63, 3.8) is 0 Å². The van der Waals surface area contributed by atoms with Crippen molar-refractivity contribution in [2.45, 2.75) is 0 Å². The fourth-order valence-corrected chi connectivity index (χ4v) is 2.92. The molecule has 2 N–H and O–H groups in total. The maximum absolute atomic E-state index is 12.7. The number of hydrogen-bond acceptors (Lipinski definition) is 3. The standard InChI is InChI=1S/C21H17BrN2O3/c1-27-19-12-11-14(22)13-17(19)21(26)24-18-10-6-5-9-16(18)20(25)23-15-7-3-2-4-8-15/h2-13H,1H3,(H,23,25)(H,24,26). The van der Waals surface area contributed by atoms with Crippen molar-refractivity contribution in [2.24, 2.45) is 0 Å². The first-order valence-corrected chi connectivity index (χ1v) is 8.98. The minimum Gasteiger partial charge on any atom is -0.496 e. The third-order valence-electron chi connectivity index (χ3n) is 3.86. The molecule has 0 aromatic heterocycles. The molecule has 0 saturated heterocycles. The summed E-state index contributed by atoms with van der Waals surface area (Å²) in [7, 11) is 1.50. The first kappa shape index (κ1) is 18.7. The fourth-order valence-electron chi connectivity index (χ4n) is 2.56. The van der Waals surface area contributed by atoms with Crippen LogP contribution in [0.5, 0.6) is 5.75 Å². The molecule has 5 nitrogen and oxygen atoms in total. The lowest BCUT2D eigenvalue weighted by molar-refractivity contribution is 0.102. The Kier molecular flexibility index (Phi) is 5.88. The summed E-state index contributed by atoms with van der Waals surface area (Å²) in [6, 6.07) is 21.1. The molecule has 0 aliphatic carbocycles. The summed E-state index contributed by atoms with van der Waals surface area (Å²) in [5, 5.41) is 5.62. The maximum Gasteiger partial charge on any atom is 0.259 e. The van der Waals surface area contributed by atoms with E-state index >= 15 is 0 Å². The van der Waals surface area contributed by atoms with Crippen LogP contribution in [0.2, 0.25) is 0 Å². The molecular weight excluding hydrogens is 408 g/mol. The van der Waals surface area contributed by atoms with Gasteiger partial charge in [0.1, 0.15) is 5.75 Å². The topological polar surface area (TPSA) is 67.4 Å². The van der Waals surface area contributed by atoms with E-state index in [1.807, 2.05) is 18.2 Å². The predicted octanol–water partition coefficient (Wildman–Crippen LogP) is 4.96. The Morgan fingerprint density at radius 1 is 0.815 bits per heavy atom. The molecule has 6 heteroatoms. The van der Waals surface area contributed by atoms with Gasteiger partial charge in [0.15, 0.2) is 0 Å². The number of anilines is 2. The van der Waals surface area contributed by atoms with Gasteiger partial charge in [-0.25, -0.2) is 0 Å². The molecule has 0 spiro atoms. The third kappa shape index (κ3) is 4.54. The molecule has 0 bridgehead atoms. The van der Waals surface area contributed by atoms with Gasteiger partial charge in [0.2, 0.25) is 0 Å². The molecule has 0 fully saturated rings. The summed E-state index contributed by atoms with van der Waals surface area (Å²) >= 11 is 3.35. The van der Waals surface area contributed by atoms with Crippen LogP contribution in [0.1, 0.15) is 20.7 Å². The van der Waals surface area contributed by atoms with Crippen LogP contribution in [0.3, 0.4) is 0 Å². The van der Waals surface area contributed by atoms with Gasteiger partial charge in [-0.3, -0.25) is 9.59 Å². The Morgan fingerprint density at radius 3 is 2.22 bits per heavy atom. The molecule has 0 atom stereocenters. The van der Waals surface area contributed by atoms with Crippen molar-refractivity contribution < 1.29 is 14.3 Å². The molecule has 3 aromatic carbocycles. The lowest BCUT2D eigenvalue weighted by Crippen LogP contribution is -2.18. The van der Waals surface area contributed by atoms with Gasteiger partial charge >= 0.3 is 0 Å². The average molecular weight is 425 g/mol. The van der Waals surface area contributed by atoms with Gasteiger partial charge < -0.3 is 15.4 Å².